The zero-order chi connectivity index (χ0) is 24.2. The van der Waals surface area contributed by atoms with Crippen molar-refractivity contribution in [3.63, 3.8) is 0 Å². The summed E-state index contributed by atoms with van der Waals surface area (Å²) in [5.41, 5.74) is 5.03. The number of methoxy groups -OCH3 is 1. The molecule has 2 N–H and O–H groups in total. The van der Waals surface area contributed by atoms with E-state index in [9.17, 15) is 14.9 Å². The van der Waals surface area contributed by atoms with Crippen molar-refractivity contribution in [2.24, 2.45) is 5.10 Å². The predicted octanol–water partition coefficient (Wildman–Crippen LogP) is 4.01. The van der Waals surface area contributed by atoms with Crippen molar-refractivity contribution in [3.8, 4) is 17.6 Å². The first-order valence-electron chi connectivity index (χ1n) is 10.5. The number of hydrazone groups is 1. The molecule has 0 aliphatic rings. The minimum atomic E-state index is -0.387. The molecule has 0 unspecified atom stereocenters. The highest BCUT2D eigenvalue weighted by molar-refractivity contribution is 5.93. The molecule has 0 spiro atoms. The minimum Gasteiger partial charge on any atom is -0.497 e. The lowest BCUT2D eigenvalue weighted by atomic mass is 10.1. The molecule has 8 nitrogen and oxygen atoms in total. The molecule has 0 aliphatic heterocycles. The van der Waals surface area contributed by atoms with Crippen LogP contribution in [0.25, 0.3) is 0 Å². The topological polar surface area (TPSA) is 113 Å². The molecule has 3 aromatic rings. The summed E-state index contributed by atoms with van der Waals surface area (Å²) in [4.78, 5) is 24.1. The van der Waals surface area contributed by atoms with Crippen LogP contribution in [0.3, 0.4) is 0 Å². The van der Waals surface area contributed by atoms with Crippen molar-refractivity contribution in [2.45, 2.75) is 19.4 Å². The largest absolute Gasteiger partial charge is 0.497 e. The number of nitrogens with one attached hydrogen (secondary N) is 2. The van der Waals surface area contributed by atoms with Crippen molar-refractivity contribution in [1.29, 1.82) is 5.26 Å². The Hall–Kier alpha value is -4.64. The highest BCUT2D eigenvalue weighted by Gasteiger charge is 2.08. The minimum absolute atomic E-state index is 0.0115. The summed E-state index contributed by atoms with van der Waals surface area (Å²) >= 11 is 0. The molecular formula is C26H24N4O4. The lowest BCUT2D eigenvalue weighted by Gasteiger charge is -2.10. The Morgan fingerprint density at radius 1 is 0.971 bits per heavy atom. The molecule has 0 saturated carbocycles. The number of rotatable bonds is 10. The fourth-order valence-electron chi connectivity index (χ4n) is 2.98. The maximum absolute atomic E-state index is 12.1. The molecule has 0 fully saturated rings. The molecule has 3 rings (SSSR count). The highest BCUT2D eigenvalue weighted by atomic mass is 16.5. The van der Waals surface area contributed by atoms with Gasteiger partial charge in [-0.1, -0.05) is 30.3 Å². The van der Waals surface area contributed by atoms with Gasteiger partial charge in [0.2, 0.25) is 11.8 Å². The molecule has 34 heavy (non-hydrogen) atoms. The van der Waals surface area contributed by atoms with Crippen molar-refractivity contribution in [3.05, 3.63) is 89.5 Å². The van der Waals surface area contributed by atoms with E-state index >= 15 is 0 Å². The number of nitrogens with zero attached hydrogens (tertiary/aromatic N) is 2. The SMILES string of the molecule is COc1ccc(NC(=O)CCC(=O)NN=Cc2ccccc2OCc2ccccc2C#N)cc1. The molecule has 0 saturated heterocycles. The molecule has 0 heterocycles. The number of benzene rings is 3. The van der Waals surface area contributed by atoms with Crippen LogP contribution in [0.5, 0.6) is 11.5 Å². The van der Waals surface area contributed by atoms with Gasteiger partial charge >= 0.3 is 0 Å². The Kier molecular flexibility index (Phi) is 8.76. The third-order valence-corrected chi connectivity index (χ3v) is 4.79. The Morgan fingerprint density at radius 2 is 1.68 bits per heavy atom. The van der Waals surface area contributed by atoms with Crippen LogP contribution in [-0.2, 0) is 16.2 Å². The number of hydrogen-bond donors (Lipinski definition) is 2. The number of anilines is 1. The monoisotopic (exact) mass is 456 g/mol. The van der Waals surface area contributed by atoms with E-state index in [0.717, 1.165) is 5.56 Å². The summed E-state index contributed by atoms with van der Waals surface area (Å²) in [6, 6.07) is 23.5. The average Bonchev–Trinajstić information content (AvgIpc) is 2.87. The number of ether oxygens (including phenoxy) is 2. The van der Waals surface area contributed by atoms with Crippen LogP contribution in [0, 0.1) is 11.3 Å². The van der Waals surface area contributed by atoms with Crippen molar-refractivity contribution >= 4 is 23.7 Å². The first-order chi connectivity index (χ1) is 16.6. The molecular weight excluding hydrogens is 432 g/mol. The van der Waals surface area contributed by atoms with Crippen LogP contribution >= 0.6 is 0 Å². The molecule has 0 radical (unpaired) electrons. The summed E-state index contributed by atoms with van der Waals surface area (Å²) in [6.45, 7) is 0.226. The quantitative estimate of drug-likeness (QED) is 0.353. The predicted molar refractivity (Wildman–Crippen MR) is 129 cm³/mol. The number of hydrogen-bond acceptors (Lipinski definition) is 6. The fourth-order valence-corrected chi connectivity index (χ4v) is 2.98. The van der Waals surface area contributed by atoms with Crippen LogP contribution < -0.4 is 20.2 Å². The Morgan fingerprint density at radius 3 is 2.44 bits per heavy atom. The van der Waals surface area contributed by atoms with E-state index in [1.807, 2.05) is 24.3 Å². The molecule has 172 valence electrons. The van der Waals surface area contributed by atoms with Crippen molar-refractivity contribution in [2.75, 3.05) is 12.4 Å². The third-order valence-electron chi connectivity index (χ3n) is 4.79. The van der Waals surface area contributed by atoms with E-state index in [1.54, 1.807) is 55.6 Å². The zero-order valence-corrected chi connectivity index (χ0v) is 18.7. The van der Waals surface area contributed by atoms with Crippen LogP contribution in [-0.4, -0.2) is 25.1 Å². The van der Waals surface area contributed by atoms with Gasteiger partial charge in [0.25, 0.3) is 0 Å². The number of amides is 2. The van der Waals surface area contributed by atoms with E-state index in [4.69, 9.17) is 9.47 Å². The van der Waals surface area contributed by atoms with Crippen molar-refractivity contribution in [1.82, 2.24) is 5.43 Å². The zero-order valence-electron chi connectivity index (χ0n) is 18.7. The second kappa shape index (κ2) is 12.4. The van der Waals surface area contributed by atoms with E-state index in [2.05, 4.69) is 21.9 Å². The van der Waals surface area contributed by atoms with Gasteiger partial charge in [0.1, 0.15) is 18.1 Å². The van der Waals surface area contributed by atoms with Gasteiger partial charge in [-0.3, -0.25) is 9.59 Å². The first kappa shape index (κ1) is 24.0. The molecule has 0 bridgehead atoms. The summed E-state index contributed by atoms with van der Waals surface area (Å²) in [5.74, 6) is 0.587. The number of carbonyl (C=O) groups is 2. The summed E-state index contributed by atoms with van der Waals surface area (Å²) < 4.78 is 10.9. The van der Waals surface area contributed by atoms with E-state index < -0.39 is 0 Å². The second-order valence-electron chi connectivity index (χ2n) is 7.17. The van der Waals surface area contributed by atoms with Gasteiger partial charge in [-0.15, -0.1) is 0 Å². The van der Waals surface area contributed by atoms with E-state index in [1.165, 1.54) is 6.21 Å². The molecule has 8 heteroatoms. The Labute approximate surface area is 197 Å². The molecule has 2 amide bonds. The highest BCUT2D eigenvalue weighted by Crippen LogP contribution is 2.19. The van der Waals surface area contributed by atoms with Crippen LogP contribution in [0.15, 0.2) is 77.9 Å². The van der Waals surface area contributed by atoms with Gasteiger partial charge in [-0.25, -0.2) is 5.43 Å². The average molecular weight is 457 g/mol. The molecule has 3 aromatic carbocycles. The van der Waals surface area contributed by atoms with E-state index in [-0.39, 0.29) is 31.3 Å². The van der Waals surface area contributed by atoms with Gasteiger partial charge in [0.15, 0.2) is 0 Å². The van der Waals surface area contributed by atoms with Gasteiger partial charge in [0.05, 0.1) is 25.0 Å². The van der Waals surface area contributed by atoms with Crippen LogP contribution in [0.2, 0.25) is 0 Å². The Bertz CT molecular complexity index is 1200. The lowest BCUT2D eigenvalue weighted by molar-refractivity contribution is -0.124. The fraction of sp³-hybridized carbons (Fsp3) is 0.154. The molecule has 0 aromatic heterocycles. The number of carbonyl (C=O) groups excluding carboxylic acids is 2. The van der Waals surface area contributed by atoms with Gasteiger partial charge in [-0.05, 0) is 42.5 Å². The van der Waals surface area contributed by atoms with Gasteiger partial charge in [0, 0.05) is 29.7 Å². The maximum Gasteiger partial charge on any atom is 0.240 e. The summed E-state index contributed by atoms with van der Waals surface area (Å²) in [6.07, 6.45) is 1.48. The standard InChI is InChI=1S/C26H24N4O4/c1-33-23-12-10-22(11-13-23)29-25(31)14-15-26(32)30-28-17-20-7-4-5-9-24(20)34-18-21-8-3-2-6-19(21)16-27/h2-13,17H,14-15,18H2,1H3,(H,29,31)(H,30,32). The summed E-state index contributed by atoms with van der Waals surface area (Å²) in [5, 5.41) is 15.9. The maximum atomic E-state index is 12.1. The van der Waals surface area contributed by atoms with Gasteiger partial charge in [-0.2, -0.15) is 10.4 Å². The lowest BCUT2D eigenvalue weighted by Crippen LogP contribution is -2.20. The van der Waals surface area contributed by atoms with Crippen molar-refractivity contribution < 1.29 is 19.1 Å². The van der Waals surface area contributed by atoms with E-state index in [0.29, 0.717) is 28.3 Å². The first-order valence-corrected chi connectivity index (χ1v) is 10.5. The normalized spacial score (nSPS) is 10.4. The van der Waals surface area contributed by atoms with Gasteiger partial charge < -0.3 is 14.8 Å². The summed E-state index contributed by atoms with van der Waals surface area (Å²) in [7, 11) is 1.57. The Balaban J connectivity index is 1.47. The number of nitriles is 1. The van der Waals surface area contributed by atoms with Crippen LogP contribution in [0.4, 0.5) is 5.69 Å². The van der Waals surface area contributed by atoms with Crippen LogP contribution in [0.1, 0.15) is 29.5 Å². The third kappa shape index (κ3) is 7.21. The smallest absolute Gasteiger partial charge is 0.240 e. The molecule has 0 atom stereocenters. The molecule has 0 aliphatic carbocycles. The number of para-hydroxylation sites is 1. The second-order valence-corrected chi connectivity index (χ2v) is 7.17.